The number of hydrogen-bond acceptors (Lipinski definition) is 3. The van der Waals surface area contributed by atoms with Crippen molar-refractivity contribution >= 4 is 0 Å². The number of nitrogens with zero attached hydrogens (tertiary/aromatic N) is 2. The summed E-state index contributed by atoms with van der Waals surface area (Å²) in [5.41, 5.74) is 0. The van der Waals surface area contributed by atoms with Gasteiger partial charge in [0, 0.05) is 24.8 Å². The Morgan fingerprint density at radius 3 is 1.69 bits per heavy atom. The lowest BCUT2D eigenvalue weighted by Gasteiger charge is -1.70. The first kappa shape index (κ1) is 11.7. The molecule has 0 unspecified atom stereocenters. The highest BCUT2D eigenvalue weighted by Crippen LogP contribution is 1.74. The first-order valence-corrected chi connectivity index (χ1v) is 4.75. The standard InChI is InChI=1S/C5H5N.C4H5N.C3H3NO/c1-2-4-6-5-3-1;1-2-4-5-3-1;1-2-5-3-4-1/h1-5H;1-5H;1-3H. The van der Waals surface area contributed by atoms with Crippen LogP contribution in [0.2, 0.25) is 0 Å². The third kappa shape index (κ3) is 7.08. The molecule has 1 N–H and O–H groups in total. The molecule has 0 fully saturated rings. The fourth-order valence-corrected chi connectivity index (χ4v) is 0.766. The SMILES string of the molecule is c1cc[nH]c1.c1ccncc1.c1cocn1. The van der Waals surface area contributed by atoms with Crippen LogP contribution in [-0.4, -0.2) is 15.0 Å². The van der Waals surface area contributed by atoms with Crippen molar-refractivity contribution in [3.8, 4) is 0 Å². The molecular formula is C12H13N3O. The second kappa shape index (κ2) is 9.21. The van der Waals surface area contributed by atoms with Crippen LogP contribution in [0.5, 0.6) is 0 Å². The quantitative estimate of drug-likeness (QED) is 0.627. The van der Waals surface area contributed by atoms with Gasteiger partial charge in [0.2, 0.25) is 0 Å². The third-order valence-electron chi connectivity index (χ3n) is 1.41. The van der Waals surface area contributed by atoms with E-state index < -0.39 is 0 Å². The molecule has 0 aliphatic rings. The monoisotopic (exact) mass is 215 g/mol. The van der Waals surface area contributed by atoms with Crippen molar-refractivity contribution in [3.05, 3.63) is 74.0 Å². The Kier molecular flexibility index (Phi) is 6.74. The fourth-order valence-electron chi connectivity index (χ4n) is 0.766. The van der Waals surface area contributed by atoms with Crippen molar-refractivity contribution < 1.29 is 4.42 Å². The fraction of sp³-hybridized carbons (Fsp3) is 0. The van der Waals surface area contributed by atoms with Crippen LogP contribution >= 0.6 is 0 Å². The smallest absolute Gasteiger partial charge is 0.180 e. The van der Waals surface area contributed by atoms with E-state index in [4.69, 9.17) is 0 Å². The summed E-state index contributed by atoms with van der Waals surface area (Å²) in [4.78, 5) is 10.2. The molecule has 0 spiro atoms. The van der Waals surface area contributed by atoms with Crippen molar-refractivity contribution in [1.82, 2.24) is 15.0 Å². The topological polar surface area (TPSA) is 54.7 Å². The van der Waals surface area contributed by atoms with E-state index in [1.807, 2.05) is 42.7 Å². The van der Waals surface area contributed by atoms with Gasteiger partial charge in [-0.1, -0.05) is 6.07 Å². The molecule has 0 aliphatic heterocycles. The van der Waals surface area contributed by atoms with Gasteiger partial charge in [-0.3, -0.25) is 4.98 Å². The van der Waals surface area contributed by atoms with Crippen LogP contribution in [-0.2, 0) is 0 Å². The number of H-pyrrole nitrogens is 1. The lowest BCUT2D eigenvalue weighted by molar-refractivity contribution is 0.558. The van der Waals surface area contributed by atoms with Crippen LogP contribution in [0, 0.1) is 0 Å². The van der Waals surface area contributed by atoms with Crippen LogP contribution in [0.15, 0.2) is 78.4 Å². The van der Waals surface area contributed by atoms with Crippen LogP contribution in [0.25, 0.3) is 0 Å². The molecule has 82 valence electrons. The molecule has 0 saturated carbocycles. The minimum Gasteiger partial charge on any atom is -0.452 e. The first-order chi connectivity index (χ1) is 8.00. The molecule has 0 aliphatic carbocycles. The van der Waals surface area contributed by atoms with Crippen LogP contribution < -0.4 is 0 Å². The molecule has 0 radical (unpaired) electrons. The minimum absolute atomic E-state index is 1.38. The van der Waals surface area contributed by atoms with Crippen molar-refractivity contribution in [3.63, 3.8) is 0 Å². The molecule has 3 heterocycles. The number of pyridine rings is 1. The van der Waals surface area contributed by atoms with Crippen molar-refractivity contribution in [2.24, 2.45) is 0 Å². The molecule has 3 aromatic rings. The van der Waals surface area contributed by atoms with Gasteiger partial charge in [-0.2, -0.15) is 0 Å². The molecule has 4 heteroatoms. The number of aromatic amines is 1. The van der Waals surface area contributed by atoms with Crippen LogP contribution in [0.1, 0.15) is 0 Å². The number of aromatic nitrogens is 3. The van der Waals surface area contributed by atoms with E-state index in [0.717, 1.165) is 0 Å². The summed E-state index contributed by atoms with van der Waals surface area (Å²) < 4.78 is 4.47. The molecule has 3 aromatic heterocycles. The predicted octanol–water partition coefficient (Wildman–Crippen LogP) is 2.77. The van der Waals surface area contributed by atoms with E-state index in [0.29, 0.717) is 0 Å². The Morgan fingerprint density at radius 2 is 1.50 bits per heavy atom. The van der Waals surface area contributed by atoms with E-state index >= 15 is 0 Å². The summed E-state index contributed by atoms with van der Waals surface area (Å²) in [5, 5.41) is 0. The highest BCUT2D eigenvalue weighted by Gasteiger charge is 1.59. The summed E-state index contributed by atoms with van der Waals surface area (Å²) >= 11 is 0. The lowest BCUT2D eigenvalue weighted by Crippen LogP contribution is -1.58. The van der Waals surface area contributed by atoms with E-state index in [-0.39, 0.29) is 0 Å². The van der Waals surface area contributed by atoms with E-state index in [2.05, 4.69) is 19.4 Å². The largest absolute Gasteiger partial charge is 0.452 e. The zero-order valence-corrected chi connectivity index (χ0v) is 8.73. The van der Waals surface area contributed by atoms with E-state index in [9.17, 15) is 0 Å². The molecular weight excluding hydrogens is 202 g/mol. The predicted molar refractivity (Wildman–Crippen MR) is 61.5 cm³/mol. The van der Waals surface area contributed by atoms with Gasteiger partial charge in [0.15, 0.2) is 6.39 Å². The minimum atomic E-state index is 1.38. The van der Waals surface area contributed by atoms with Gasteiger partial charge in [0.25, 0.3) is 0 Å². The highest BCUT2D eigenvalue weighted by atomic mass is 16.3. The molecule has 0 amide bonds. The Morgan fingerprint density at radius 1 is 0.750 bits per heavy atom. The maximum atomic E-state index is 4.47. The average Bonchev–Trinajstić information content (AvgIpc) is 3.10. The van der Waals surface area contributed by atoms with Gasteiger partial charge in [0.05, 0.1) is 6.20 Å². The number of nitrogens with one attached hydrogen (secondary N) is 1. The van der Waals surface area contributed by atoms with Crippen molar-refractivity contribution in [1.29, 1.82) is 0 Å². The molecule has 0 aromatic carbocycles. The Balaban J connectivity index is 0.000000121. The first-order valence-electron chi connectivity index (χ1n) is 4.75. The molecule has 16 heavy (non-hydrogen) atoms. The number of oxazole rings is 1. The van der Waals surface area contributed by atoms with Crippen molar-refractivity contribution in [2.75, 3.05) is 0 Å². The third-order valence-corrected chi connectivity index (χ3v) is 1.41. The van der Waals surface area contributed by atoms with Crippen molar-refractivity contribution in [2.45, 2.75) is 0 Å². The van der Waals surface area contributed by atoms with Gasteiger partial charge in [-0.15, -0.1) is 0 Å². The summed E-state index contributed by atoms with van der Waals surface area (Å²) in [5.74, 6) is 0. The van der Waals surface area contributed by atoms with Crippen LogP contribution in [0.4, 0.5) is 0 Å². The maximum absolute atomic E-state index is 4.47. The molecule has 3 rings (SSSR count). The zero-order valence-electron chi connectivity index (χ0n) is 8.73. The molecule has 0 saturated heterocycles. The summed E-state index contributed by atoms with van der Waals surface area (Å²) in [6, 6.07) is 9.60. The zero-order chi connectivity index (χ0) is 11.3. The summed E-state index contributed by atoms with van der Waals surface area (Å²) in [6.07, 6.45) is 11.7. The van der Waals surface area contributed by atoms with Crippen LogP contribution in [0.3, 0.4) is 0 Å². The Labute approximate surface area is 94.0 Å². The van der Waals surface area contributed by atoms with Gasteiger partial charge in [-0.05, 0) is 24.3 Å². The maximum Gasteiger partial charge on any atom is 0.180 e. The Bertz CT molecular complexity index is 308. The lowest BCUT2D eigenvalue weighted by atomic mass is 10.5. The summed E-state index contributed by atoms with van der Waals surface area (Å²) in [7, 11) is 0. The van der Waals surface area contributed by atoms with Gasteiger partial charge in [-0.25, -0.2) is 4.98 Å². The number of hydrogen-bond donors (Lipinski definition) is 1. The molecule has 4 nitrogen and oxygen atoms in total. The average molecular weight is 215 g/mol. The molecule has 0 atom stereocenters. The Hall–Kier alpha value is -2.36. The van der Waals surface area contributed by atoms with Gasteiger partial charge < -0.3 is 9.40 Å². The highest BCUT2D eigenvalue weighted by molar-refractivity contribution is 4.88. The molecule has 0 bridgehead atoms. The second-order valence-electron chi connectivity index (χ2n) is 2.59. The normalized spacial score (nSPS) is 8.00. The summed E-state index contributed by atoms with van der Waals surface area (Å²) in [6.45, 7) is 0. The second-order valence-corrected chi connectivity index (χ2v) is 2.59. The van der Waals surface area contributed by atoms with Gasteiger partial charge >= 0.3 is 0 Å². The van der Waals surface area contributed by atoms with Gasteiger partial charge in [0.1, 0.15) is 6.26 Å². The number of rotatable bonds is 0. The van der Waals surface area contributed by atoms with E-state index in [1.165, 1.54) is 12.7 Å². The van der Waals surface area contributed by atoms with E-state index in [1.54, 1.807) is 18.6 Å².